The quantitative estimate of drug-likeness (QED) is 0.874. The number of halogens is 1. The second-order valence-electron chi connectivity index (χ2n) is 3.80. The molecule has 0 amide bonds. The molecule has 1 N–H and O–H groups in total. The van der Waals surface area contributed by atoms with Crippen LogP contribution in [0.4, 0.5) is 0 Å². The molecular weight excluding hydrogens is 310 g/mol. The number of nitrogens with one attached hydrogen (secondary N) is 1. The zero-order valence-corrected chi connectivity index (χ0v) is 12.6. The summed E-state index contributed by atoms with van der Waals surface area (Å²) in [5.41, 5.74) is 1.22. The lowest BCUT2D eigenvalue weighted by molar-refractivity contribution is 0.537. The van der Waals surface area contributed by atoms with Gasteiger partial charge in [0.15, 0.2) is 0 Å². The largest absolute Gasteiger partial charge is 0.313 e. The molecule has 6 heteroatoms. The molecule has 1 aromatic heterocycles. The molecule has 0 aliphatic heterocycles. The van der Waals surface area contributed by atoms with E-state index in [1.54, 1.807) is 11.3 Å². The monoisotopic (exact) mass is 325 g/mol. The van der Waals surface area contributed by atoms with E-state index in [-0.39, 0.29) is 11.8 Å². The van der Waals surface area contributed by atoms with Crippen molar-refractivity contribution in [3.63, 3.8) is 0 Å². The highest BCUT2D eigenvalue weighted by Gasteiger charge is 2.12. The molecule has 3 nitrogen and oxygen atoms in total. The molecule has 1 atom stereocenters. The maximum Gasteiger partial charge on any atom is 0.147 e. The SMILES string of the molecule is CNC(CCCS(C)(=O)=O)c1csc(Br)c1. The summed E-state index contributed by atoms with van der Waals surface area (Å²) in [4.78, 5) is 0. The van der Waals surface area contributed by atoms with Crippen molar-refractivity contribution in [2.45, 2.75) is 18.9 Å². The molecule has 0 aliphatic carbocycles. The van der Waals surface area contributed by atoms with Crippen molar-refractivity contribution in [1.29, 1.82) is 0 Å². The van der Waals surface area contributed by atoms with Crippen LogP contribution >= 0.6 is 27.3 Å². The lowest BCUT2D eigenvalue weighted by atomic mass is 10.1. The third-order valence-corrected chi connectivity index (χ3v) is 4.90. The van der Waals surface area contributed by atoms with E-state index in [1.165, 1.54) is 11.8 Å². The number of rotatable bonds is 6. The molecule has 0 spiro atoms. The van der Waals surface area contributed by atoms with Gasteiger partial charge in [0, 0.05) is 18.1 Å². The van der Waals surface area contributed by atoms with Crippen molar-refractivity contribution < 1.29 is 8.42 Å². The Bertz CT molecular complexity index is 428. The van der Waals surface area contributed by atoms with E-state index in [1.807, 2.05) is 7.05 Å². The van der Waals surface area contributed by atoms with Crippen molar-refractivity contribution in [1.82, 2.24) is 5.32 Å². The molecule has 16 heavy (non-hydrogen) atoms. The molecule has 0 aromatic carbocycles. The number of sulfone groups is 1. The Morgan fingerprint density at radius 1 is 1.56 bits per heavy atom. The van der Waals surface area contributed by atoms with Crippen LogP contribution < -0.4 is 5.32 Å². The van der Waals surface area contributed by atoms with Crippen LogP contribution in [-0.4, -0.2) is 27.5 Å². The molecular formula is C10H16BrNO2S2. The highest BCUT2D eigenvalue weighted by molar-refractivity contribution is 9.11. The lowest BCUT2D eigenvalue weighted by Crippen LogP contribution is -2.17. The highest BCUT2D eigenvalue weighted by Crippen LogP contribution is 2.27. The summed E-state index contributed by atoms with van der Waals surface area (Å²) in [6, 6.07) is 2.32. The van der Waals surface area contributed by atoms with Gasteiger partial charge in [-0.2, -0.15) is 0 Å². The molecule has 1 unspecified atom stereocenters. The Morgan fingerprint density at radius 3 is 2.69 bits per heavy atom. The molecule has 0 bridgehead atoms. The topological polar surface area (TPSA) is 46.2 Å². The molecule has 0 fully saturated rings. The second-order valence-corrected chi connectivity index (χ2v) is 8.35. The first kappa shape index (κ1) is 14.2. The van der Waals surface area contributed by atoms with Gasteiger partial charge >= 0.3 is 0 Å². The Kier molecular flexibility index (Phi) is 5.43. The first-order valence-corrected chi connectivity index (χ1v) is 8.74. The average molecular weight is 326 g/mol. The average Bonchev–Trinajstić information content (AvgIpc) is 2.58. The van der Waals surface area contributed by atoms with Crippen molar-refractivity contribution in [2.75, 3.05) is 19.1 Å². The first-order chi connectivity index (χ1) is 7.42. The van der Waals surface area contributed by atoms with Crippen molar-refractivity contribution >= 4 is 37.1 Å². The predicted octanol–water partition coefficient (Wildman–Crippen LogP) is 2.60. The van der Waals surface area contributed by atoms with Crippen LogP contribution in [-0.2, 0) is 9.84 Å². The number of hydrogen-bond donors (Lipinski definition) is 1. The molecule has 1 aromatic rings. The fourth-order valence-corrected chi connectivity index (χ4v) is 3.45. The van der Waals surface area contributed by atoms with E-state index in [2.05, 4.69) is 32.7 Å². The van der Waals surface area contributed by atoms with E-state index in [0.717, 1.165) is 10.2 Å². The van der Waals surface area contributed by atoms with Gasteiger partial charge in [-0.1, -0.05) is 0 Å². The summed E-state index contributed by atoms with van der Waals surface area (Å²) in [6.45, 7) is 0. The third kappa shape index (κ3) is 4.95. The van der Waals surface area contributed by atoms with Gasteiger partial charge in [0.25, 0.3) is 0 Å². The van der Waals surface area contributed by atoms with Crippen molar-refractivity contribution in [3.05, 3.63) is 20.8 Å². The second kappa shape index (κ2) is 6.14. The summed E-state index contributed by atoms with van der Waals surface area (Å²) >= 11 is 5.07. The van der Waals surface area contributed by atoms with E-state index >= 15 is 0 Å². The summed E-state index contributed by atoms with van der Waals surface area (Å²) < 4.78 is 23.1. The Balaban J connectivity index is 2.50. The van der Waals surface area contributed by atoms with Gasteiger partial charge in [0.05, 0.1) is 3.79 Å². The molecule has 0 aliphatic rings. The highest BCUT2D eigenvalue weighted by atomic mass is 79.9. The fourth-order valence-electron chi connectivity index (χ4n) is 1.53. The van der Waals surface area contributed by atoms with Crippen molar-refractivity contribution in [2.24, 2.45) is 0 Å². The van der Waals surface area contributed by atoms with Crippen LogP contribution in [0.25, 0.3) is 0 Å². The van der Waals surface area contributed by atoms with Crippen LogP contribution in [0, 0.1) is 0 Å². The minimum Gasteiger partial charge on any atom is -0.313 e. The minimum atomic E-state index is -2.84. The van der Waals surface area contributed by atoms with Gasteiger partial charge < -0.3 is 5.32 Å². The summed E-state index contributed by atoms with van der Waals surface area (Å²) in [7, 11) is -0.940. The van der Waals surface area contributed by atoms with Gasteiger partial charge in [-0.3, -0.25) is 0 Å². The van der Waals surface area contributed by atoms with Crippen molar-refractivity contribution in [3.8, 4) is 0 Å². The van der Waals surface area contributed by atoms with Crippen LogP contribution in [0.1, 0.15) is 24.4 Å². The number of thiophene rings is 1. The molecule has 92 valence electrons. The molecule has 1 heterocycles. The first-order valence-electron chi connectivity index (χ1n) is 5.01. The van der Waals surface area contributed by atoms with E-state index in [4.69, 9.17) is 0 Å². The lowest BCUT2D eigenvalue weighted by Gasteiger charge is -2.14. The van der Waals surface area contributed by atoms with Crippen LogP contribution in [0.3, 0.4) is 0 Å². The normalized spacial score (nSPS) is 13.9. The van der Waals surface area contributed by atoms with Gasteiger partial charge in [0.1, 0.15) is 9.84 Å². The summed E-state index contributed by atoms with van der Waals surface area (Å²) in [5.74, 6) is 0.260. The third-order valence-electron chi connectivity index (χ3n) is 2.35. The Morgan fingerprint density at radius 2 is 2.25 bits per heavy atom. The maximum atomic E-state index is 11.0. The smallest absolute Gasteiger partial charge is 0.147 e. The maximum absolute atomic E-state index is 11.0. The molecule has 1 rings (SSSR count). The van der Waals surface area contributed by atoms with Crippen LogP contribution in [0.2, 0.25) is 0 Å². The van der Waals surface area contributed by atoms with E-state index in [9.17, 15) is 8.42 Å². The van der Waals surface area contributed by atoms with Crippen LogP contribution in [0.15, 0.2) is 15.2 Å². The zero-order valence-electron chi connectivity index (χ0n) is 9.36. The van der Waals surface area contributed by atoms with E-state index in [0.29, 0.717) is 6.42 Å². The molecule has 0 saturated heterocycles. The van der Waals surface area contributed by atoms with Gasteiger partial charge in [0.2, 0.25) is 0 Å². The van der Waals surface area contributed by atoms with Gasteiger partial charge in [-0.05, 0) is 52.8 Å². The Hall–Kier alpha value is 0.0900. The fraction of sp³-hybridized carbons (Fsp3) is 0.600. The zero-order chi connectivity index (χ0) is 12.2. The summed E-state index contributed by atoms with van der Waals surface area (Å²) in [6.07, 6.45) is 2.81. The van der Waals surface area contributed by atoms with Gasteiger partial charge in [-0.25, -0.2) is 8.42 Å². The molecule has 0 radical (unpaired) electrons. The minimum absolute atomic E-state index is 0.240. The summed E-state index contributed by atoms with van der Waals surface area (Å²) in [5, 5.41) is 5.30. The standard InChI is InChI=1S/C10H16BrNO2S2/c1-12-9(4-3-5-16(2,13)14)8-6-10(11)15-7-8/h6-7,9,12H,3-5H2,1-2H3. The Labute approximate surface area is 109 Å². The van der Waals surface area contributed by atoms with Gasteiger partial charge in [-0.15, -0.1) is 11.3 Å². The van der Waals surface area contributed by atoms with Crippen LogP contribution in [0.5, 0.6) is 0 Å². The van der Waals surface area contributed by atoms with E-state index < -0.39 is 9.84 Å². The molecule has 0 saturated carbocycles. The predicted molar refractivity (Wildman–Crippen MR) is 72.8 cm³/mol. The number of hydrogen-bond acceptors (Lipinski definition) is 4.